The summed E-state index contributed by atoms with van der Waals surface area (Å²) in [6, 6.07) is 3.67. The summed E-state index contributed by atoms with van der Waals surface area (Å²) in [5.74, 6) is 0.454. The molecule has 2 N–H and O–H groups in total. The van der Waals surface area contributed by atoms with Crippen molar-refractivity contribution in [1.82, 2.24) is 5.16 Å². The van der Waals surface area contributed by atoms with Crippen LogP contribution in [0.3, 0.4) is 0 Å². The Bertz CT molecular complexity index is 481. The van der Waals surface area contributed by atoms with Gasteiger partial charge in [-0.1, -0.05) is 17.7 Å². The van der Waals surface area contributed by atoms with E-state index in [9.17, 15) is 0 Å². The van der Waals surface area contributed by atoms with E-state index in [1.165, 1.54) is 0 Å². The van der Waals surface area contributed by atoms with Crippen molar-refractivity contribution < 1.29 is 9.26 Å². The molecule has 0 unspecified atom stereocenters. The van der Waals surface area contributed by atoms with E-state index >= 15 is 0 Å². The third-order valence-electron chi connectivity index (χ3n) is 2.11. The van der Waals surface area contributed by atoms with E-state index in [1.54, 1.807) is 6.07 Å². The quantitative estimate of drug-likeness (QED) is 0.871. The molecule has 1 heterocycles. The Hall–Kier alpha value is -1.26. The first kappa shape index (κ1) is 10.3. The number of nitrogens with two attached hydrogens (primary N) is 1. The number of aromatic nitrogens is 1. The average Bonchev–Trinajstić information content (AvgIpc) is 2.65. The van der Waals surface area contributed by atoms with E-state index in [1.807, 2.05) is 13.0 Å². The van der Waals surface area contributed by atoms with E-state index in [4.69, 9.17) is 26.6 Å². The third-order valence-corrected chi connectivity index (χ3v) is 2.41. The normalized spacial score (nSPS) is 10.9. The van der Waals surface area contributed by atoms with Gasteiger partial charge in [0.2, 0.25) is 0 Å². The molecule has 80 valence electrons. The van der Waals surface area contributed by atoms with Gasteiger partial charge in [0.1, 0.15) is 6.61 Å². The molecule has 0 aliphatic rings. The lowest BCUT2D eigenvalue weighted by atomic mass is 10.1. The second-order valence-electron chi connectivity index (χ2n) is 3.19. The van der Waals surface area contributed by atoms with Gasteiger partial charge in [-0.25, -0.2) is 0 Å². The highest BCUT2D eigenvalue weighted by Gasteiger charge is 2.14. The van der Waals surface area contributed by atoms with Crippen LogP contribution < -0.4 is 10.5 Å². The Morgan fingerprint density at radius 3 is 3.07 bits per heavy atom. The first-order valence-corrected chi connectivity index (χ1v) is 4.99. The van der Waals surface area contributed by atoms with Crippen molar-refractivity contribution >= 4 is 22.6 Å². The molecule has 0 spiro atoms. The summed E-state index contributed by atoms with van der Waals surface area (Å²) < 4.78 is 10.5. The lowest BCUT2D eigenvalue weighted by Gasteiger charge is -2.01. The van der Waals surface area contributed by atoms with E-state index in [2.05, 4.69) is 5.16 Å². The van der Waals surface area contributed by atoms with Crippen LogP contribution in [-0.4, -0.2) is 18.3 Å². The molecule has 0 radical (unpaired) electrons. The van der Waals surface area contributed by atoms with Gasteiger partial charge in [-0.3, -0.25) is 0 Å². The minimum Gasteiger partial charge on any atom is -0.474 e. The Morgan fingerprint density at radius 2 is 2.33 bits per heavy atom. The van der Waals surface area contributed by atoms with Crippen LogP contribution in [0.15, 0.2) is 16.7 Å². The van der Waals surface area contributed by atoms with Crippen molar-refractivity contribution in [3.63, 3.8) is 0 Å². The fraction of sp³-hybridized carbons (Fsp3) is 0.300. The van der Waals surface area contributed by atoms with E-state index < -0.39 is 0 Å². The number of halogens is 1. The van der Waals surface area contributed by atoms with Crippen molar-refractivity contribution in [1.29, 1.82) is 0 Å². The van der Waals surface area contributed by atoms with Crippen LogP contribution in [0.1, 0.15) is 5.56 Å². The molecule has 0 aliphatic heterocycles. The number of aryl methyl sites for hydroxylation is 1. The van der Waals surface area contributed by atoms with Gasteiger partial charge >= 0.3 is 0 Å². The number of benzene rings is 1. The highest BCUT2D eigenvalue weighted by atomic mass is 35.5. The molecular formula is C10H11ClN2O2. The second kappa shape index (κ2) is 4.08. The standard InChI is InChI=1S/C10H11ClN2O2/c1-6-2-3-7(11)9-8(6)10(13-15-9)14-5-4-12/h2-3H,4-5,12H2,1H3. The highest BCUT2D eigenvalue weighted by Crippen LogP contribution is 2.32. The van der Waals surface area contributed by atoms with Crippen molar-refractivity contribution in [2.45, 2.75) is 6.92 Å². The van der Waals surface area contributed by atoms with Gasteiger partial charge in [0.05, 0.1) is 10.4 Å². The molecule has 2 rings (SSSR count). The molecule has 0 amide bonds. The molecule has 0 atom stereocenters. The monoisotopic (exact) mass is 226 g/mol. The largest absolute Gasteiger partial charge is 0.474 e. The summed E-state index contributed by atoms with van der Waals surface area (Å²) in [7, 11) is 0. The zero-order chi connectivity index (χ0) is 10.8. The molecule has 15 heavy (non-hydrogen) atoms. The molecule has 0 aliphatic carbocycles. The fourth-order valence-electron chi connectivity index (χ4n) is 1.40. The zero-order valence-corrected chi connectivity index (χ0v) is 9.04. The number of rotatable bonds is 3. The lowest BCUT2D eigenvalue weighted by Crippen LogP contribution is -2.10. The predicted octanol–water partition coefficient (Wildman–Crippen LogP) is 2.13. The fourth-order valence-corrected chi connectivity index (χ4v) is 1.59. The Labute approximate surface area is 91.9 Å². The number of nitrogens with zero attached hydrogens (tertiary/aromatic N) is 1. The first-order chi connectivity index (χ1) is 7.24. The summed E-state index contributed by atoms with van der Waals surface area (Å²) in [5.41, 5.74) is 6.92. The van der Waals surface area contributed by atoms with Crippen LogP contribution in [0.25, 0.3) is 11.0 Å². The molecule has 1 aromatic heterocycles. The van der Waals surface area contributed by atoms with Gasteiger partial charge in [-0.2, -0.15) is 0 Å². The van der Waals surface area contributed by atoms with Crippen molar-refractivity contribution in [2.24, 2.45) is 5.73 Å². The van der Waals surface area contributed by atoms with Crippen molar-refractivity contribution in [2.75, 3.05) is 13.2 Å². The maximum atomic E-state index is 5.96. The number of hydrogen-bond donors (Lipinski definition) is 1. The van der Waals surface area contributed by atoms with Gasteiger partial charge in [-0.05, 0) is 23.7 Å². The minimum atomic E-state index is 0.410. The summed E-state index contributed by atoms with van der Waals surface area (Å²) in [4.78, 5) is 0. The van der Waals surface area contributed by atoms with Crippen LogP contribution in [-0.2, 0) is 0 Å². The zero-order valence-electron chi connectivity index (χ0n) is 8.29. The molecule has 2 aromatic rings. The first-order valence-electron chi connectivity index (χ1n) is 4.61. The van der Waals surface area contributed by atoms with Crippen LogP contribution in [0, 0.1) is 6.92 Å². The summed E-state index contributed by atoms with van der Waals surface area (Å²) >= 11 is 5.96. The van der Waals surface area contributed by atoms with Crippen molar-refractivity contribution in [3.8, 4) is 5.88 Å². The third kappa shape index (κ3) is 1.78. The molecule has 0 fully saturated rings. The van der Waals surface area contributed by atoms with Gasteiger partial charge < -0.3 is 15.0 Å². The number of fused-ring (bicyclic) bond motifs is 1. The Balaban J connectivity index is 2.53. The summed E-state index contributed by atoms with van der Waals surface area (Å²) in [6.07, 6.45) is 0. The molecule has 5 heteroatoms. The molecule has 4 nitrogen and oxygen atoms in total. The Morgan fingerprint density at radius 1 is 1.53 bits per heavy atom. The van der Waals surface area contributed by atoms with Crippen LogP contribution in [0.2, 0.25) is 5.02 Å². The second-order valence-corrected chi connectivity index (χ2v) is 3.60. The Kier molecular flexibility index (Phi) is 2.79. The smallest absolute Gasteiger partial charge is 0.262 e. The number of ether oxygens (including phenoxy) is 1. The van der Waals surface area contributed by atoms with Gasteiger partial charge in [0.25, 0.3) is 5.88 Å². The molecule has 0 saturated carbocycles. The maximum absolute atomic E-state index is 5.96. The van der Waals surface area contributed by atoms with E-state index in [-0.39, 0.29) is 0 Å². The molecule has 0 bridgehead atoms. The average molecular weight is 227 g/mol. The SMILES string of the molecule is Cc1ccc(Cl)c2onc(OCCN)c12. The predicted molar refractivity (Wildman–Crippen MR) is 58.3 cm³/mol. The van der Waals surface area contributed by atoms with Gasteiger partial charge in [0.15, 0.2) is 5.58 Å². The van der Waals surface area contributed by atoms with Gasteiger partial charge in [-0.15, -0.1) is 0 Å². The van der Waals surface area contributed by atoms with E-state index in [0.717, 1.165) is 10.9 Å². The van der Waals surface area contributed by atoms with E-state index in [0.29, 0.717) is 29.6 Å². The minimum absolute atomic E-state index is 0.410. The van der Waals surface area contributed by atoms with Crippen molar-refractivity contribution in [3.05, 3.63) is 22.7 Å². The van der Waals surface area contributed by atoms with Crippen LogP contribution in [0.5, 0.6) is 5.88 Å². The van der Waals surface area contributed by atoms with Crippen LogP contribution >= 0.6 is 11.6 Å². The molecule has 1 aromatic carbocycles. The summed E-state index contributed by atoms with van der Waals surface area (Å²) in [6.45, 7) is 2.80. The lowest BCUT2D eigenvalue weighted by molar-refractivity contribution is 0.293. The summed E-state index contributed by atoms with van der Waals surface area (Å²) in [5, 5.41) is 5.17. The highest BCUT2D eigenvalue weighted by molar-refractivity contribution is 6.35. The topological polar surface area (TPSA) is 61.3 Å². The molecular weight excluding hydrogens is 216 g/mol. The van der Waals surface area contributed by atoms with Gasteiger partial charge in [0, 0.05) is 6.54 Å². The van der Waals surface area contributed by atoms with Crippen LogP contribution in [0.4, 0.5) is 0 Å². The molecule has 0 saturated heterocycles. The maximum Gasteiger partial charge on any atom is 0.262 e. The number of hydrogen-bond acceptors (Lipinski definition) is 4.